The topological polar surface area (TPSA) is 70.6 Å². The van der Waals surface area contributed by atoms with Crippen LogP contribution in [0.15, 0.2) is 24.4 Å². The molecule has 2 heterocycles. The third-order valence-corrected chi connectivity index (χ3v) is 6.03. The third-order valence-electron chi connectivity index (χ3n) is 4.76. The summed E-state index contributed by atoms with van der Waals surface area (Å²) in [6, 6.07) is 5.33. The Hall–Kier alpha value is -1.47. The highest BCUT2D eigenvalue weighted by molar-refractivity contribution is 7.88. The van der Waals surface area contributed by atoms with Gasteiger partial charge in [0.15, 0.2) is 0 Å². The lowest BCUT2D eigenvalue weighted by Gasteiger charge is -2.45. The van der Waals surface area contributed by atoms with Crippen molar-refractivity contribution in [3.05, 3.63) is 30.1 Å². The van der Waals surface area contributed by atoms with Gasteiger partial charge in [0, 0.05) is 25.2 Å². The summed E-state index contributed by atoms with van der Waals surface area (Å²) in [4.78, 5) is 18.4. The van der Waals surface area contributed by atoms with E-state index in [4.69, 9.17) is 0 Å². The number of carbonyl (C=O) groups is 1. The van der Waals surface area contributed by atoms with Gasteiger partial charge in [-0.25, -0.2) is 8.42 Å². The first-order chi connectivity index (χ1) is 10.9. The molecule has 126 valence electrons. The first-order valence-electron chi connectivity index (χ1n) is 8.10. The van der Waals surface area contributed by atoms with Gasteiger partial charge < -0.3 is 4.90 Å². The van der Waals surface area contributed by atoms with E-state index in [-0.39, 0.29) is 24.4 Å². The molecule has 6 nitrogen and oxygen atoms in total. The molecule has 1 aromatic rings. The molecule has 0 unspecified atom stereocenters. The van der Waals surface area contributed by atoms with E-state index in [0.29, 0.717) is 13.1 Å². The molecule has 1 saturated carbocycles. The minimum atomic E-state index is -3.34. The maximum absolute atomic E-state index is 12.3. The Morgan fingerprint density at radius 3 is 2.57 bits per heavy atom. The van der Waals surface area contributed by atoms with E-state index in [0.717, 1.165) is 31.4 Å². The van der Waals surface area contributed by atoms with E-state index in [2.05, 4.69) is 4.98 Å². The molecule has 7 heteroatoms. The predicted octanol–water partition coefficient (Wildman–Crippen LogP) is 1.24. The standard InChI is InChI=1S/C16H23N3O3S/c1-23(21,22)19(10-14-8-4-5-9-17-14)15-11-18(12-15)16(20)13-6-2-3-7-13/h4-5,8-9,13,15H,2-3,6-7,10-12H2,1H3. The van der Waals surface area contributed by atoms with Crippen molar-refractivity contribution in [2.24, 2.45) is 5.92 Å². The lowest BCUT2D eigenvalue weighted by atomic mass is 10.0. The van der Waals surface area contributed by atoms with Crippen LogP contribution in [-0.2, 0) is 21.4 Å². The highest BCUT2D eigenvalue weighted by Crippen LogP contribution is 2.29. The SMILES string of the molecule is CS(=O)(=O)N(Cc1ccccn1)C1CN(C(=O)C2CCCC2)C1. The average molecular weight is 337 g/mol. The lowest BCUT2D eigenvalue weighted by Crippen LogP contribution is -2.62. The maximum atomic E-state index is 12.3. The summed E-state index contributed by atoms with van der Waals surface area (Å²) in [5, 5.41) is 0. The number of pyridine rings is 1. The number of sulfonamides is 1. The quantitative estimate of drug-likeness (QED) is 0.811. The number of rotatable bonds is 5. The molecular weight excluding hydrogens is 314 g/mol. The molecule has 1 aromatic heterocycles. The number of likely N-dealkylation sites (tertiary alicyclic amines) is 1. The molecule has 0 aromatic carbocycles. The van der Waals surface area contributed by atoms with Gasteiger partial charge in [-0.05, 0) is 25.0 Å². The summed E-state index contributed by atoms with van der Waals surface area (Å²) in [6.45, 7) is 1.25. The van der Waals surface area contributed by atoms with Crippen LogP contribution in [0.5, 0.6) is 0 Å². The largest absolute Gasteiger partial charge is 0.339 e. The Bertz CT molecular complexity index is 650. The zero-order valence-electron chi connectivity index (χ0n) is 13.4. The molecule has 0 radical (unpaired) electrons. The van der Waals surface area contributed by atoms with Crippen LogP contribution in [0.4, 0.5) is 0 Å². The maximum Gasteiger partial charge on any atom is 0.225 e. The van der Waals surface area contributed by atoms with Crippen LogP contribution < -0.4 is 0 Å². The summed E-state index contributed by atoms with van der Waals surface area (Å²) in [5.74, 6) is 0.350. The second-order valence-electron chi connectivity index (χ2n) is 6.51. The fourth-order valence-electron chi connectivity index (χ4n) is 3.42. The summed E-state index contributed by atoms with van der Waals surface area (Å²) in [7, 11) is -3.34. The van der Waals surface area contributed by atoms with Crippen LogP contribution in [-0.4, -0.2) is 53.9 Å². The van der Waals surface area contributed by atoms with Crippen LogP contribution in [0, 0.1) is 5.92 Å². The predicted molar refractivity (Wildman–Crippen MR) is 86.9 cm³/mol. The van der Waals surface area contributed by atoms with E-state index in [1.165, 1.54) is 10.6 Å². The van der Waals surface area contributed by atoms with Crippen molar-refractivity contribution in [3.8, 4) is 0 Å². The molecular formula is C16H23N3O3S. The van der Waals surface area contributed by atoms with E-state index >= 15 is 0 Å². The van der Waals surface area contributed by atoms with E-state index in [1.54, 1.807) is 17.2 Å². The van der Waals surface area contributed by atoms with E-state index < -0.39 is 10.0 Å². The second-order valence-corrected chi connectivity index (χ2v) is 8.44. The van der Waals surface area contributed by atoms with E-state index in [9.17, 15) is 13.2 Å². The smallest absolute Gasteiger partial charge is 0.225 e. The Kier molecular flexibility index (Phi) is 4.68. The van der Waals surface area contributed by atoms with Crippen molar-refractivity contribution in [1.82, 2.24) is 14.2 Å². The van der Waals surface area contributed by atoms with Crippen LogP contribution in [0.2, 0.25) is 0 Å². The van der Waals surface area contributed by atoms with Gasteiger partial charge in [0.1, 0.15) is 0 Å². The Morgan fingerprint density at radius 1 is 1.30 bits per heavy atom. The summed E-state index contributed by atoms with van der Waals surface area (Å²) >= 11 is 0. The van der Waals surface area contributed by atoms with Gasteiger partial charge in [-0.2, -0.15) is 4.31 Å². The first-order valence-corrected chi connectivity index (χ1v) is 9.95. The Morgan fingerprint density at radius 2 is 2.00 bits per heavy atom. The number of hydrogen-bond acceptors (Lipinski definition) is 4. The summed E-state index contributed by atoms with van der Waals surface area (Å²) in [5.41, 5.74) is 0.721. The number of amides is 1. The van der Waals surface area contributed by atoms with Crippen LogP contribution >= 0.6 is 0 Å². The van der Waals surface area contributed by atoms with Crippen molar-refractivity contribution >= 4 is 15.9 Å². The number of nitrogens with zero attached hydrogens (tertiary/aromatic N) is 3. The summed E-state index contributed by atoms with van der Waals surface area (Å²) < 4.78 is 25.7. The fraction of sp³-hybridized carbons (Fsp3) is 0.625. The van der Waals surface area contributed by atoms with E-state index in [1.807, 2.05) is 12.1 Å². The number of hydrogen-bond donors (Lipinski definition) is 0. The molecule has 23 heavy (non-hydrogen) atoms. The molecule has 0 spiro atoms. The molecule has 2 aliphatic rings. The zero-order valence-corrected chi connectivity index (χ0v) is 14.2. The highest BCUT2D eigenvalue weighted by Gasteiger charge is 2.41. The lowest BCUT2D eigenvalue weighted by molar-refractivity contribution is -0.141. The second kappa shape index (κ2) is 6.57. The van der Waals surface area contributed by atoms with Crippen LogP contribution in [0.25, 0.3) is 0 Å². The summed E-state index contributed by atoms with van der Waals surface area (Å²) in [6.07, 6.45) is 7.09. The molecule has 2 fully saturated rings. The highest BCUT2D eigenvalue weighted by atomic mass is 32.2. The van der Waals surface area contributed by atoms with Gasteiger partial charge in [-0.3, -0.25) is 9.78 Å². The van der Waals surface area contributed by atoms with Gasteiger partial charge >= 0.3 is 0 Å². The Labute approximate surface area is 137 Å². The molecule has 1 aliphatic carbocycles. The normalized spacial score (nSPS) is 20.0. The molecule has 1 saturated heterocycles. The van der Waals surface area contributed by atoms with Gasteiger partial charge in [0.05, 0.1) is 24.5 Å². The van der Waals surface area contributed by atoms with Crippen molar-refractivity contribution in [2.45, 2.75) is 38.3 Å². The van der Waals surface area contributed by atoms with Gasteiger partial charge in [-0.15, -0.1) is 0 Å². The third kappa shape index (κ3) is 3.72. The minimum Gasteiger partial charge on any atom is -0.339 e. The van der Waals surface area contributed by atoms with Gasteiger partial charge in [-0.1, -0.05) is 18.9 Å². The van der Waals surface area contributed by atoms with Crippen molar-refractivity contribution in [3.63, 3.8) is 0 Å². The van der Waals surface area contributed by atoms with Crippen LogP contribution in [0.1, 0.15) is 31.4 Å². The first kappa shape index (κ1) is 16.4. The molecule has 0 N–H and O–H groups in total. The molecule has 3 rings (SSSR count). The van der Waals surface area contributed by atoms with Crippen molar-refractivity contribution < 1.29 is 13.2 Å². The van der Waals surface area contributed by atoms with Crippen molar-refractivity contribution in [1.29, 1.82) is 0 Å². The van der Waals surface area contributed by atoms with Gasteiger partial charge in [0.2, 0.25) is 15.9 Å². The average Bonchev–Trinajstić information content (AvgIpc) is 2.98. The molecule has 0 atom stereocenters. The fourth-order valence-corrected chi connectivity index (χ4v) is 4.46. The molecule has 1 aliphatic heterocycles. The molecule has 1 amide bonds. The minimum absolute atomic E-state index is 0.141. The zero-order chi connectivity index (χ0) is 16.4. The molecule has 0 bridgehead atoms. The monoisotopic (exact) mass is 337 g/mol. The van der Waals surface area contributed by atoms with Crippen LogP contribution in [0.3, 0.4) is 0 Å². The van der Waals surface area contributed by atoms with Gasteiger partial charge in [0.25, 0.3) is 0 Å². The number of aromatic nitrogens is 1. The Balaban J connectivity index is 1.63. The van der Waals surface area contributed by atoms with Crippen molar-refractivity contribution in [2.75, 3.05) is 19.3 Å². The number of carbonyl (C=O) groups excluding carboxylic acids is 1.